The maximum atomic E-state index is 13.9. The van der Waals surface area contributed by atoms with E-state index < -0.39 is 70.2 Å². The Hall–Kier alpha value is -7.19. The van der Waals surface area contributed by atoms with E-state index in [9.17, 15) is 42.3 Å². The normalized spacial score (nSPS) is 18.4. The molecule has 3 atom stereocenters. The number of aliphatic carboxylic acids is 1. The van der Waals surface area contributed by atoms with Gasteiger partial charge in [0.15, 0.2) is 6.61 Å². The molecule has 19 nitrogen and oxygen atoms in total. The van der Waals surface area contributed by atoms with Crippen LogP contribution in [0.1, 0.15) is 94.3 Å². The number of hydrogen-bond acceptors (Lipinski definition) is 13. The summed E-state index contributed by atoms with van der Waals surface area (Å²) in [6.07, 6.45) is 1.19. The highest BCUT2D eigenvalue weighted by Crippen LogP contribution is 2.38. The van der Waals surface area contributed by atoms with Crippen molar-refractivity contribution >= 4 is 56.6 Å². The number of carboxylic acids is 1. The number of ether oxygens (including phenoxy) is 3. The molecule has 0 radical (unpaired) electrons. The van der Waals surface area contributed by atoms with Gasteiger partial charge in [0.05, 0.1) is 30.7 Å². The number of aryl methyl sites for hydroxylation is 2. The van der Waals surface area contributed by atoms with E-state index >= 15 is 0 Å². The molecular formula is C47H49N7O12S. The zero-order valence-corrected chi connectivity index (χ0v) is 37.8. The monoisotopic (exact) mass is 935 g/mol. The van der Waals surface area contributed by atoms with Crippen molar-refractivity contribution < 1.29 is 56.5 Å². The van der Waals surface area contributed by atoms with Gasteiger partial charge in [0.2, 0.25) is 21.8 Å². The van der Waals surface area contributed by atoms with Crippen LogP contribution in [0, 0.1) is 6.92 Å². The minimum absolute atomic E-state index is 0.0109. The Kier molecular flexibility index (Phi) is 13.4. The molecule has 5 amide bonds. The van der Waals surface area contributed by atoms with Crippen LogP contribution in [0.4, 0.5) is 0 Å². The average molecular weight is 936 g/mol. The average Bonchev–Trinajstić information content (AvgIpc) is 3.76. The van der Waals surface area contributed by atoms with Gasteiger partial charge in [-0.25, -0.2) is 13.1 Å². The summed E-state index contributed by atoms with van der Waals surface area (Å²) in [7, 11) is -2.19. The van der Waals surface area contributed by atoms with Crippen LogP contribution >= 0.6 is 0 Å². The molecule has 0 aliphatic carbocycles. The van der Waals surface area contributed by atoms with Crippen molar-refractivity contribution in [3.05, 3.63) is 106 Å². The number of aromatic nitrogens is 3. The van der Waals surface area contributed by atoms with Crippen molar-refractivity contribution in [2.75, 3.05) is 26.3 Å². The maximum Gasteiger partial charge on any atom is 0.304 e. The van der Waals surface area contributed by atoms with E-state index in [-0.39, 0.29) is 60.7 Å². The number of carbonyl (C=O) groups is 6. The van der Waals surface area contributed by atoms with Gasteiger partial charge in [-0.1, -0.05) is 41.6 Å². The SMILES string of the molecule is Cc1ccc([C@H](CC(=O)O)c2cc(OCCCCCNC(=O)COc3cccc4c3C(=O)N(C3CCC(=O)NC3=O)C4=O)c3c(c2)nnn3C)cc1CN1C[C@@H](C)Oc2ccccc2S1(=O)=O. The number of nitrogens with zero attached hydrogens (tertiary/aromatic N) is 5. The summed E-state index contributed by atoms with van der Waals surface area (Å²) in [5.41, 5.74) is 3.99. The van der Waals surface area contributed by atoms with Crippen molar-refractivity contribution in [1.82, 2.24) is 34.8 Å². The first-order valence-electron chi connectivity index (χ1n) is 21.9. The lowest BCUT2D eigenvalue weighted by Crippen LogP contribution is -2.54. The number of para-hydroxylation sites is 1. The third-order valence-corrected chi connectivity index (χ3v) is 13.9. The van der Waals surface area contributed by atoms with Crippen LogP contribution in [-0.4, -0.2) is 112 Å². The number of unbranched alkanes of at least 4 members (excludes halogenated alkanes) is 2. The largest absolute Gasteiger partial charge is 0.491 e. The third kappa shape index (κ3) is 9.71. The van der Waals surface area contributed by atoms with Crippen molar-refractivity contribution in [3.63, 3.8) is 0 Å². The number of hydrogen-bond donors (Lipinski definition) is 3. The second-order valence-corrected chi connectivity index (χ2v) is 18.7. The van der Waals surface area contributed by atoms with Gasteiger partial charge in [0, 0.05) is 32.5 Å². The van der Waals surface area contributed by atoms with Gasteiger partial charge >= 0.3 is 5.97 Å². The quantitative estimate of drug-likeness (QED) is 0.0882. The molecule has 3 aliphatic heterocycles. The van der Waals surface area contributed by atoms with E-state index in [0.29, 0.717) is 59.5 Å². The Morgan fingerprint density at radius 2 is 1.76 bits per heavy atom. The summed E-state index contributed by atoms with van der Waals surface area (Å²) >= 11 is 0. The Morgan fingerprint density at radius 1 is 0.955 bits per heavy atom. The van der Waals surface area contributed by atoms with Crippen LogP contribution in [0.3, 0.4) is 0 Å². The Morgan fingerprint density at radius 3 is 2.55 bits per heavy atom. The highest BCUT2D eigenvalue weighted by molar-refractivity contribution is 7.89. The molecule has 1 unspecified atom stereocenters. The highest BCUT2D eigenvalue weighted by atomic mass is 32.2. The molecule has 5 aromatic rings. The third-order valence-electron chi connectivity index (χ3n) is 12.0. The van der Waals surface area contributed by atoms with Gasteiger partial charge in [0.1, 0.15) is 45.3 Å². The summed E-state index contributed by atoms with van der Waals surface area (Å²) in [5.74, 6) is -3.97. The van der Waals surface area contributed by atoms with Gasteiger partial charge in [-0.2, -0.15) is 4.31 Å². The molecule has 67 heavy (non-hydrogen) atoms. The van der Waals surface area contributed by atoms with Gasteiger partial charge in [-0.05, 0) is 98.2 Å². The number of amides is 5. The fourth-order valence-electron chi connectivity index (χ4n) is 8.66. The molecule has 4 aromatic carbocycles. The molecule has 20 heteroatoms. The van der Waals surface area contributed by atoms with Crippen molar-refractivity contribution in [2.45, 2.75) is 81.9 Å². The maximum absolute atomic E-state index is 13.9. The van der Waals surface area contributed by atoms with Crippen LogP contribution in [0.2, 0.25) is 0 Å². The van der Waals surface area contributed by atoms with Crippen molar-refractivity contribution in [1.29, 1.82) is 0 Å². The lowest BCUT2D eigenvalue weighted by atomic mass is 9.86. The molecule has 0 spiro atoms. The molecule has 0 saturated carbocycles. The number of sulfonamides is 1. The van der Waals surface area contributed by atoms with E-state index in [1.54, 1.807) is 42.1 Å². The van der Waals surface area contributed by atoms with Crippen LogP contribution in [-0.2, 0) is 42.8 Å². The van der Waals surface area contributed by atoms with Crippen molar-refractivity contribution in [3.8, 4) is 17.2 Å². The molecule has 8 rings (SSSR count). The molecular weight excluding hydrogens is 887 g/mol. The first kappa shape index (κ1) is 46.3. The van der Waals surface area contributed by atoms with Gasteiger partial charge < -0.3 is 24.6 Å². The number of nitrogens with one attached hydrogen (secondary N) is 2. The number of rotatable bonds is 17. The van der Waals surface area contributed by atoms with E-state index in [1.807, 2.05) is 32.0 Å². The van der Waals surface area contributed by atoms with Gasteiger partial charge in [0.25, 0.3) is 17.7 Å². The van der Waals surface area contributed by atoms with E-state index in [0.717, 1.165) is 16.0 Å². The Bertz CT molecular complexity index is 2920. The van der Waals surface area contributed by atoms with Crippen LogP contribution in [0.15, 0.2) is 77.7 Å². The van der Waals surface area contributed by atoms with E-state index in [1.165, 1.54) is 28.6 Å². The van der Waals surface area contributed by atoms with Crippen LogP contribution in [0.25, 0.3) is 11.0 Å². The smallest absolute Gasteiger partial charge is 0.304 e. The highest BCUT2D eigenvalue weighted by Gasteiger charge is 2.46. The predicted octanol–water partition coefficient (Wildman–Crippen LogP) is 4.00. The summed E-state index contributed by atoms with van der Waals surface area (Å²) in [6.45, 7) is 4.05. The molecule has 3 N–H and O–H groups in total. The molecule has 0 bridgehead atoms. The molecule has 1 saturated heterocycles. The van der Waals surface area contributed by atoms with Crippen molar-refractivity contribution in [2.24, 2.45) is 7.05 Å². The van der Waals surface area contributed by atoms with Gasteiger partial charge in [-0.15, -0.1) is 5.10 Å². The predicted molar refractivity (Wildman–Crippen MR) is 239 cm³/mol. The Labute approximate surface area is 385 Å². The fourth-order valence-corrected chi connectivity index (χ4v) is 10.3. The number of fused-ring (bicyclic) bond motifs is 3. The summed E-state index contributed by atoms with van der Waals surface area (Å²) in [6, 6.07) is 19.0. The van der Waals surface area contributed by atoms with Crippen LogP contribution in [0.5, 0.6) is 17.2 Å². The van der Waals surface area contributed by atoms with Crippen LogP contribution < -0.4 is 24.8 Å². The molecule has 1 fully saturated rings. The topological polar surface area (TPSA) is 246 Å². The molecule has 350 valence electrons. The lowest BCUT2D eigenvalue weighted by Gasteiger charge is -2.27. The summed E-state index contributed by atoms with van der Waals surface area (Å²) in [5, 5.41) is 23.6. The molecule has 3 aliphatic rings. The fraction of sp³-hybridized carbons (Fsp3) is 0.362. The molecule has 1 aromatic heterocycles. The minimum Gasteiger partial charge on any atom is -0.491 e. The second-order valence-electron chi connectivity index (χ2n) is 16.8. The lowest BCUT2D eigenvalue weighted by molar-refractivity contribution is -0.138. The number of carbonyl (C=O) groups excluding carboxylic acids is 5. The zero-order chi connectivity index (χ0) is 47.6. The number of piperidine rings is 1. The second kappa shape index (κ2) is 19.3. The first-order valence-corrected chi connectivity index (χ1v) is 23.3. The van der Waals surface area contributed by atoms with E-state index in [4.69, 9.17) is 14.2 Å². The number of imide groups is 2. The minimum atomic E-state index is -3.92. The van der Waals surface area contributed by atoms with E-state index in [2.05, 4.69) is 20.9 Å². The standard InChI is InChI=1S/C47H49N7O12S/c1-27-14-15-29(20-31(27)25-53-24-28(2)66-36-11-5-6-13-39(36)67(53,62)63)33(23-42(57)58)30-21-34-44(52(3)51-50-34)38(22-30)64-19-8-4-7-18-48-41(56)26-65-37-12-9-10-32-43(37)47(61)54(46(32)60)35-16-17-40(55)49-45(35)59/h5-6,9-15,20-22,28,33,35H,4,7-8,16-19,23-26H2,1-3H3,(H,48,56)(H,57,58)(H,49,55,59)/t28-,33+,35?/m1/s1. The molecule has 4 heterocycles. The summed E-state index contributed by atoms with van der Waals surface area (Å²) in [4.78, 5) is 76.6. The van der Waals surface area contributed by atoms with Gasteiger partial charge in [-0.3, -0.25) is 39.0 Å². The zero-order valence-electron chi connectivity index (χ0n) is 37.0. The first-order chi connectivity index (χ1) is 32.1. The Balaban J connectivity index is 0.876. The number of carboxylic acid groups (broad SMARTS) is 1. The summed E-state index contributed by atoms with van der Waals surface area (Å²) < 4.78 is 48.7. The number of benzene rings is 4.